The van der Waals surface area contributed by atoms with Gasteiger partial charge in [0.1, 0.15) is 11.4 Å². The average Bonchev–Trinajstić information content (AvgIpc) is 2.80. The highest BCUT2D eigenvalue weighted by Crippen LogP contribution is 2.32. The van der Waals surface area contributed by atoms with Gasteiger partial charge >= 0.3 is 5.97 Å². The molecule has 1 aromatic heterocycles. The van der Waals surface area contributed by atoms with E-state index in [0.717, 1.165) is 22.3 Å². The summed E-state index contributed by atoms with van der Waals surface area (Å²) in [5, 5.41) is 25.2. The molecule has 0 radical (unpaired) electrons. The molecule has 5 heteroatoms. The van der Waals surface area contributed by atoms with Crippen LogP contribution in [0.3, 0.4) is 0 Å². The predicted octanol–water partition coefficient (Wildman–Crippen LogP) is 2.41. The van der Waals surface area contributed by atoms with Crippen LogP contribution in [-0.4, -0.2) is 26.4 Å². The molecule has 0 bridgehead atoms. The standard InChI is InChI=1S/C13H14N2O3/c1-6-4-9(7(2)8(3)12(6)16)10-5-11(13(17)18)15-14-10/h4-5,16H,1-3H3,(H,14,15)(H,17,18). The molecule has 2 aromatic rings. The molecule has 2 rings (SSSR count). The summed E-state index contributed by atoms with van der Waals surface area (Å²) in [7, 11) is 0. The Labute approximate surface area is 104 Å². The van der Waals surface area contributed by atoms with E-state index in [1.165, 1.54) is 6.07 Å². The van der Waals surface area contributed by atoms with Crippen molar-refractivity contribution >= 4 is 5.97 Å². The maximum atomic E-state index is 10.8. The number of nitrogens with zero attached hydrogens (tertiary/aromatic N) is 1. The average molecular weight is 246 g/mol. The Morgan fingerprint density at radius 2 is 1.89 bits per heavy atom. The number of aromatic hydroxyl groups is 1. The molecule has 3 N–H and O–H groups in total. The fraction of sp³-hybridized carbons (Fsp3) is 0.231. The second-order valence-electron chi connectivity index (χ2n) is 4.31. The monoisotopic (exact) mass is 246 g/mol. The lowest BCUT2D eigenvalue weighted by Crippen LogP contribution is -1.95. The van der Waals surface area contributed by atoms with Crippen molar-refractivity contribution in [3.8, 4) is 17.0 Å². The lowest BCUT2D eigenvalue weighted by Gasteiger charge is -2.11. The van der Waals surface area contributed by atoms with Gasteiger partial charge < -0.3 is 10.2 Å². The highest BCUT2D eigenvalue weighted by atomic mass is 16.4. The molecule has 0 aliphatic carbocycles. The van der Waals surface area contributed by atoms with Crippen molar-refractivity contribution in [2.75, 3.05) is 0 Å². The predicted molar refractivity (Wildman–Crippen MR) is 66.9 cm³/mol. The fourth-order valence-corrected chi connectivity index (χ4v) is 1.90. The number of hydrogen-bond acceptors (Lipinski definition) is 3. The molecule has 94 valence electrons. The van der Waals surface area contributed by atoms with Gasteiger partial charge in [-0.3, -0.25) is 5.10 Å². The van der Waals surface area contributed by atoms with Crippen LogP contribution in [0.15, 0.2) is 12.1 Å². The number of benzene rings is 1. The van der Waals surface area contributed by atoms with E-state index in [-0.39, 0.29) is 11.4 Å². The van der Waals surface area contributed by atoms with Crippen molar-refractivity contribution in [3.05, 3.63) is 34.5 Å². The molecule has 0 atom stereocenters. The summed E-state index contributed by atoms with van der Waals surface area (Å²) in [5.41, 5.74) is 3.86. The lowest BCUT2D eigenvalue weighted by molar-refractivity contribution is 0.0690. The molecular weight excluding hydrogens is 232 g/mol. The van der Waals surface area contributed by atoms with Crippen molar-refractivity contribution in [2.24, 2.45) is 0 Å². The van der Waals surface area contributed by atoms with Crippen molar-refractivity contribution in [2.45, 2.75) is 20.8 Å². The lowest BCUT2D eigenvalue weighted by atomic mass is 9.96. The van der Waals surface area contributed by atoms with Gasteiger partial charge in [-0.1, -0.05) is 0 Å². The maximum absolute atomic E-state index is 10.8. The molecule has 18 heavy (non-hydrogen) atoms. The van der Waals surface area contributed by atoms with Crippen molar-refractivity contribution in [1.82, 2.24) is 10.2 Å². The van der Waals surface area contributed by atoms with E-state index in [0.29, 0.717) is 5.69 Å². The Morgan fingerprint density at radius 3 is 2.44 bits per heavy atom. The van der Waals surface area contributed by atoms with E-state index < -0.39 is 5.97 Å². The minimum Gasteiger partial charge on any atom is -0.507 e. The van der Waals surface area contributed by atoms with Crippen LogP contribution in [-0.2, 0) is 0 Å². The zero-order valence-corrected chi connectivity index (χ0v) is 10.4. The van der Waals surface area contributed by atoms with E-state index >= 15 is 0 Å². The third-order valence-electron chi connectivity index (χ3n) is 3.14. The van der Waals surface area contributed by atoms with Crippen LogP contribution in [0.2, 0.25) is 0 Å². The Hall–Kier alpha value is -2.30. The molecule has 0 saturated carbocycles. The Kier molecular flexibility index (Phi) is 2.82. The number of rotatable bonds is 2. The van der Waals surface area contributed by atoms with Crippen LogP contribution >= 0.6 is 0 Å². The molecule has 0 fully saturated rings. The van der Waals surface area contributed by atoms with Crippen LogP contribution in [0.5, 0.6) is 5.75 Å². The topological polar surface area (TPSA) is 86.2 Å². The number of carboxylic acid groups (broad SMARTS) is 1. The number of phenols is 1. The van der Waals surface area contributed by atoms with Crippen molar-refractivity contribution < 1.29 is 15.0 Å². The molecule has 0 saturated heterocycles. The number of phenolic OH excluding ortho intramolecular Hbond substituents is 1. The summed E-state index contributed by atoms with van der Waals surface area (Å²) < 4.78 is 0. The summed E-state index contributed by atoms with van der Waals surface area (Å²) in [5.74, 6) is -0.774. The normalized spacial score (nSPS) is 10.6. The first-order chi connectivity index (χ1) is 8.41. The fourth-order valence-electron chi connectivity index (χ4n) is 1.90. The number of hydrogen-bond donors (Lipinski definition) is 3. The highest BCUT2D eigenvalue weighted by Gasteiger charge is 2.14. The van der Waals surface area contributed by atoms with Gasteiger partial charge in [-0.05, 0) is 49.6 Å². The van der Waals surface area contributed by atoms with Crippen LogP contribution < -0.4 is 0 Å². The Bertz CT molecular complexity index is 629. The number of H-pyrrole nitrogens is 1. The van der Waals surface area contributed by atoms with Crippen LogP contribution in [0.25, 0.3) is 11.3 Å². The van der Waals surface area contributed by atoms with Crippen LogP contribution in [0, 0.1) is 20.8 Å². The van der Waals surface area contributed by atoms with Gasteiger partial charge in [0.15, 0.2) is 0 Å². The molecule has 0 unspecified atom stereocenters. The van der Waals surface area contributed by atoms with Gasteiger partial charge in [-0.2, -0.15) is 5.10 Å². The minimum absolute atomic E-state index is 0.0489. The zero-order valence-electron chi connectivity index (χ0n) is 10.4. The smallest absolute Gasteiger partial charge is 0.353 e. The molecular formula is C13H14N2O3. The minimum atomic E-state index is -1.04. The second-order valence-corrected chi connectivity index (χ2v) is 4.31. The number of nitrogens with one attached hydrogen (secondary N) is 1. The first kappa shape index (κ1) is 12.2. The third kappa shape index (κ3) is 1.84. The Balaban J connectivity index is 2.60. The molecule has 0 amide bonds. The number of aromatic amines is 1. The van der Waals surface area contributed by atoms with Crippen LogP contribution in [0.1, 0.15) is 27.2 Å². The van der Waals surface area contributed by atoms with Crippen molar-refractivity contribution in [1.29, 1.82) is 0 Å². The molecule has 0 aliphatic rings. The quantitative estimate of drug-likeness (QED) is 0.759. The van der Waals surface area contributed by atoms with Gasteiger partial charge in [0.05, 0.1) is 5.69 Å². The molecule has 5 nitrogen and oxygen atoms in total. The third-order valence-corrected chi connectivity index (χ3v) is 3.14. The number of carbonyl (C=O) groups is 1. The van der Waals surface area contributed by atoms with Gasteiger partial charge in [0.25, 0.3) is 0 Å². The largest absolute Gasteiger partial charge is 0.507 e. The molecule has 1 aromatic carbocycles. The summed E-state index contributed by atoms with van der Waals surface area (Å²) in [6.07, 6.45) is 0. The highest BCUT2D eigenvalue weighted by molar-refractivity contribution is 5.87. The SMILES string of the molecule is Cc1cc(-c2cc(C(=O)O)[nH]n2)c(C)c(C)c1O. The van der Waals surface area contributed by atoms with Gasteiger partial charge in [0, 0.05) is 5.56 Å². The number of aromatic carboxylic acids is 1. The van der Waals surface area contributed by atoms with Crippen molar-refractivity contribution in [3.63, 3.8) is 0 Å². The first-order valence-electron chi connectivity index (χ1n) is 5.50. The zero-order chi connectivity index (χ0) is 13.4. The van der Waals surface area contributed by atoms with E-state index in [4.69, 9.17) is 5.11 Å². The summed E-state index contributed by atoms with van der Waals surface area (Å²) in [6, 6.07) is 3.29. The van der Waals surface area contributed by atoms with Gasteiger partial charge in [0.2, 0.25) is 0 Å². The Morgan fingerprint density at radius 1 is 1.22 bits per heavy atom. The van der Waals surface area contributed by atoms with E-state index in [2.05, 4.69) is 10.2 Å². The van der Waals surface area contributed by atoms with E-state index in [1.54, 1.807) is 13.0 Å². The molecule has 1 heterocycles. The second kappa shape index (κ2) is 4.18. The number of aromatic nitrogens is 2. The molecule has 0 spiro atoms. The van der Waals surface area contributed by atoms with Gasteiger partial charge in [-0.25, -0.2) is 4.79 Å². The van der Waals surface area contributed by atoms with Gasteiger partial charge in [-0.15, -0.1) is 0 Å². The van der Waals surface area contributed by atoms with E-state index in [1.807, 2.05) is 13.8 Å². The van der Waals surface area contributed by atoms with E-state index in [9.17, 15) is 9.90 Å². The number of carboxylic acids is 1. The first-order valence-corrected chi connectivity index (χ1v) is 5.50. The summed E-state index contributed by atoms with van der Waals surface area (Å²) in [6.45, 7) is 5.50. The van der Waals surface area contributed by atoms with Crippen LogP contribution in [0.4, 0.5) is 0 Å². The summed E-state index contributed by atoms with van der Waals surface area (Å²) in [4.78, 5) is 10.8. The number of aryl methyl sites for hydroxylation is 1. The molecule has 0 aliphatic heterocycles. The summed E-state index contributed by atoms with van der Waals surface area (Å²) >= 11 is 0. The maximum Gasteiger partial charge on any atom is 0.353 e.